The summed E-state index contributed by atoms with van der Waals surface area (Å²) >= 11 is 0. The summed E-state index contributed by atoms with van der Waals surface area (Å²) in [4.78, 5) is 23.0. The molecule has 1 saturated heterocycles. The highest BCUT2D eigenvalue weighted by molar-refractivity contribution is 5.86. The molecule has 0 saturated carbocycles. The molecule has 206 valence electrons. The number of fused-ring (bicyclic) bond motifs is 1. The zero-order chi connectivity index (χ0) is 27.6. The minimum absolute atomic E-state index is 0.0214. The number of benzene rings is 2. The van der Waals surface area contributed by atoms with Gasteiger partial charge in [0.15, 0.2) is 5.69 Å². The molecule has 2 aliphatic heterocycles. The Labute approximate surface area is 234 Å². The van der Waals surface area contributed by atoms with Crippen LogP contribution in [0.4, 0.5) is 0 Å². The molecule has 2 aliphatic rings. The zero-order valence-corrected chi connectivity index (χ0v) is 23.0. The first-order valence-electron chi connectivity index (χ1n) is 13.9. The van der Waals surface area contributed by atoms with Crippen molar-refractivity contribution in [1.29, 1.82) is 0 Å². The van der Waals surface area contributed by atoms with E-state index in [1.165, 1.54) is 17.5 Å². The summed E-state index contributed by atoms with van der Waals surface area (Å²) in [6.07, 6.45) is 4.81. The molecule has 0 spiro atoms. The predicted octanol–water partition coefficient (Wildman–Crippen LogP) is 5.37. The number of ether oxygens (including phenoxy) is 2. The Morgan fingerprint density at radius 3 is 2.70 bits per heavy atom. The number of aryl methyl sites for hydroxylation is 1. The lowest BCUT2D eigenvalue weighted by Gasteiger charge is -2.37. The van der Waals surface area contributed by atoms with Crippen LogP contribution >= 0.6 is 0 Å². The number of carboxylic acids is 1. The third-order valence-electron chi connectivity index (χ3n) is 8.08. The molecular formula is C32H34N4O4. The Kier molecular flexibility index (Phi) is 7.36. The third-order valence-corrected chi connectivity index (χ3v) is 8.08. The van der Waals surface area contributed by atoms with Crippen molar-refractivity contribution < 1.29 is 19.4 Å². The second-order valence-corrected chi connectivity index (χ2v) is 10.6. The monoisotopic (exact) mass is 538 g/mol. The van der Waals surface area contributed by atoms with Crippen LogP contribution in [0.2, 0.25) is 0 Å². The maximum Gasteiger partial charge on any atom is 0.356 e. The summed E-state index contributed by atoms with van der Waals surface area (Å²) in [7, 11) is 0. The molecule has 0 atom stereocenters. The quantitative estimate of drug-likeness (QED) is 0.339. The van der Waals surface area contributed by atoms with Gasteiger partial charge in [-0.05, 0) is 73.6 Å². The van der Waals surface area contributed by atoms with Gasteiger partial charge in [0.25, 0.3) is 0 Å². The molecule has 2 aromatic carbocycles. The van der Waals surface area contributed by atoms with E-state index in [9.17, 15) is 9.90 Å². The van der Waals surface area contributed by atoms with E-state index in [0.717, 1.165) is 73.7 Å². The van der Waals surface area contributed by atoms with E-state index >= 15 is 0 Å². The van der Waals surface area contributed by atoms with Gasteiger partial charge in [-0.1, -0.05) is 36.4 Å². The lowest BCUT2D eigenvalue weighted by atomic mass is 9.95. The van der Waals surface area contributed by atoms with Gasteiger partial charge < -0.3 is 14.6 Å². The molecule has 0 bridgehead atoms. The van der Waals surface area contributed by atoms with Gasteiger partial charge in [-0.3, -0.25) is 9.47 Å². The molecule has 8 heteroatoms. The van der Waals surface area contributed by atoms with E-state index in [1.54, 1.807) is 11.5 Å². The molecule has 2 aromatic heterocycles. The van der Waals surface area contributed by atoms with Crippen molar-refractivity contribution >= 4 is 5.97 Å². The summed E-state index contributed by atoms with van der Waals surface area (Å²) in [6, 6.07) is 19.1. The van der Waals surface area contributed by atoms with Crippen LogP contribution in [-0.4, -0.2) is 56.3 Å². The number of imidazole rings is 1. The van der Waals surface area contributed by atoms with E-state index in [-0.39, 0.29) is 5.69 Å². The fourth-order valence-electron chi connectivity index (χ4n) is 5.84. The fraction of sp³-hybridized carbons (Fsp3) is 0.344. The molecule has 6 rings (SSSR count). The topological polar surface area (TPSA) is 89.7 Å². The van der Waals surface area contributed by atoms with Gasteiger partial charge >= 0.3 is 5.97 Å². The van der Waals surface area contributed by atoms with Crippen LogP contribution < -0.4 is 4.74 Å². The first-order valence-corrected chi connectivity index (χ1v) is 13.9. The minimum Gasteiger partial charge on any atom is -0.488 e. The SMILES string of the molecule is Cc1cccc(-c2cccc(-n3cnc(C(=O)O)c3C)n2)c1OCc1ccc2c(c1)CCN(C1CCOCC1)C2. The number of nitrogens with zero attached hydrogens (tertiary/aromatic N) is 4. The van der Waals surface area contributed by atoms with Gasteiger partial charge in [0.2, 0.25) is 0 Å². The second-order valence-electron chi connectivity index (χ2n) is 10.6. The van der Waals surface area contributed by atoms with Crippen molar-refractivity contribution in [2.45, 2.75) is 52.3 Å². The van der Waals surface area contributed by atoms with Gasteiger partial charge in [-0.15, -0.1) is 0 Å². The highest BCUT2D eigenvalue weighted by Gasteiger charge is 2.25. The number of carbonyl (C=O) groups is 1. The summed E-state index contributed by atoms with van der Waals surface area (Å²) < 4.78 is 13.7. The predicted molar refractivity (Wildman–Crippen MR) is 152 cm³/mol. The molecule has 0 unspecified atom stereocenters. The highest BCUT2D eigenvalue weighted by Crippen LogP contribution is 2.33. The van der Waals surface area contributed by atoms with Crippen molar-refractivity contribution in [3.8, 4) is 22.8 Å². The molecule has 0 amide bonds. The molecule has 1 N–H and O–H groups in total. The van der Waals surface area contributed by atoms with E-state index in [0.29, 0.717) is 24.2 Å². The number of hydrogen-bond acceptors (Lipinski definition) is 6. The summed E-state index contributed by atoms with van der Waals surface area (Å²) in [5, 5.41) is 9.39. The van der Waals surface area contributed by atoms with Gasteiger partial charge in [0, 0.05) is 37.9 Å². The standard InChI is InChI=1S/C32H34N4O4/c1-21-5-3-6-27(28-7-4-8-29(34-28)36-20-33-30(22(36)2)32(37)38)31(21)40-19-23-9-10-25-18-35(14-11-24(25)17-23)26-12-15-39-16-13-26/h3-10,17,20,26H,11-16,18-19H2,1-2H3,(H,37,38). The molecule has 4 aromatic rings. The number of para-hydroxylation sites is 1. The average Bonchev–Trinajstić information content (AvgIpc) is 3.38. The van der Waals surface area contributed by atoms with E-state index < -0.39 is 5.97 Å². The number of aromatic nitrogens is 3. The van der Waals surface area contributed by atoms with Crippen LogP contribution in [0.3, 0.4) is 0 Å². The van der Waals surface area contributed by atoms with Crippen LogP contribution in [0, 0.1) is 13.8 Å². The molecule has 0 aliphatic carbocycles. The van der Waals surface area contributed by atoms with Crippen LogP contribution in [0.25, 0.3) is 17.1 Å². The van der Waals surface area contributed by atoms with Crippen LogP contribution in [0.5, 0.6) is 5.75 Å². The molecule has 1 fully saturated rings. The van der Waals surface area contributed by atoms with E-state index in [2.05, 4.69) is 28.1 Å². The number of pyridine rings is 1. The lowest BCUT2D eigenvalue weighted by molar-refractivity contribution is 0.0290. The van der Waals surface area contributed by atoms with Gasteiger partial charge in [0.05, 0.1) is 11.4 Å². The first-order chi connectivity index (χ1) is 19.5. The van der Waals surface area contributed by atoms with Crippen molar-refractivity contribution in [1.82, 2.24) is 19.4 Å². The molecule has 4 heterocycles. The van der Waals surface area contributed by atoms with E-state index in [4.69, 9.17) is 14.5 Å². The Balaban J connectivity index is 1.21. The molecular weight excluding hydrogens is 504 g/mol. The molecule has 0 radical (unpaired) electrons. The molecule has 40 heavy (non-hydrogen) atoms. The Bertz CT molecular complexity index is 1540. The van der Waals surface area contributed by atoms with Gasteiger partial charge in [-0.2, -0.15) is 0 Å². The number of rotatable bonds is 7. The first kappa shape index (κ1) is 26.2. The van der Waals surface area contributed by atoms with E-state index in [1.807, 2.05) is 43.3 Å². The smallest absolute Gasteiger partial charge is 0.356 e. The van der Waals surface area contributed by atoms with Crippen molar-refractivity contribution in [2.24, 2.45) is 0 Å². The van der Waals surface area contributed by atoms with Crippen LogP contribution in [-0.2, 0) is 24.3 Å². The summed E-state index contributed by atoms with van der Waals surface area (Å²) in [5.74, 6) is 0.344. The summed E-state index contributed by atoms with van der Waals surface area (Å²) in [5.41, 5.74) is 7.21. The average molecular weight is 539 g/mol. The Morgan fingerprint density at radius 2 is 1.90 bits per heavy atom. The normalized spacial score (nSPS) is 16.1. The maximum atomic E-state index is 11.5. The third kappa shape index (κ3) is 5.24. The van der Waals surface area contributed by atoms with Crippen molar-refractivity contribution in [2.75, 3.05) is 19.8 Å². The zero-order valence-electron chi connectivity index (χ0n) is 23.0. The van der Waals surface area contributed by atoms with Gasteiger partial charge in [-0.25, -0.2) is 14.8 Å². The van der Waals surface area contributed by atoms with Crippen molar-refractivity contribution in [3.05, 3.63) is 94.6 Å². The molecule has 8 nitrogen and oxygen atoms in total. The summed E-state index contributed by atoms with van der Waals surface area (Å²) in [6.45, 7) is 8.09. The second kappa shape index (κ2) is 11.2. The number of hydrogen-bond donors (Lipinski definition) is 1. The highest BCUT2D eigenvalue weighted by atomic mass is 16.5. The largest absolute Gasteiger partial charge is 0.488 e. The van der Waals surface area contributed by atoms with Crippen molar-refractivity contribution in [3.63, 3.8) is 0 Å². The minimum atomic E-state index is -1.05. The van der Waals surface area contributed by atoms with Crippen LogP contribution in [0.1, 0.15) is 51.3 Å². The maximum absolute atomic E-state index is 11.5. The lowest BCUT2D eigenvalue weighted by Crippen LogP contribution is -2.42. The Morgan fingerprint density at radius 1 is 1.07 bits per heavy atom. The Hall–Kier alpha value is -4.01. The number of carboxylic acid groups (broad SMARTS) is 1. The number of aromatic carboxylic acids is 1. The van der Waals surface area contributed by atoms with Gasteiger partial charge in [0.1, 0.15) is 24.5 Å². The van der Waals surface area contributed by atoms with Crippen LogP contribution in [0.15, 0.2) is 60.9 Å². The fourth-order valence-corrected chi connectivity index (χ4v) is 5.84.